The van der Waals surface area contributed by atoms with Crippen LogP contribution < -0.4 is 11.1 Å². The highest BCUT2D eigenvalue weighted by atomic mass is 79.9. The number of halogens is 1. The molecule has 13 heavy (non-hydrogen) atoms. The molecule has 0 fully saturated rings. The Hall–Kier alpha value is -0.320. The SMILES string of the molecule is CC(C)NC(CN)c1occc1Br. The lowest BCUT2D eigenvalue weighted by Gasteiger charge is -2.17. The minimum Gasteiger partial charge on any atom is -0.466 e. The zero-order valence-corrected chi connectivity index (χ0v) is 9.47. The van der Waals surface area contributed by atoms with E-state index in [1.807, 2.05) is 6.07 Å². The molecule has 3 nitrogen and oxygen atoms in total. The Bertz CT molecular complexity index is 260. The number of hydrogen-bond donors (Lipinski definition) is 2. The van der Waals surface area contributed by atoms with E-state index in [2.05, 4.69) is 35.1 Å². The van der Waals surface area contributed by atoms with E-state index in [1.54, 1.807) is 6.26 Å². The fourth-order valence-electron chi connectivity index (χ4n) is 1.21. The van der Waals surface area contributed by atoms with Gasteiger partial charge in [0, 0.05) is 12.6 Å². The van der Waals surface area contributed by atoms with Gasteiger partial charge in [0.2, 0.25) is 0 Å². The van der Waals surface area contributed by atoms with Gasteiger partial charge in [-0.15, -0.1) is 0 Å². The summed E-state index contributed by atoms with van der Waals surface area (Å²) in [6.45, 7) is 4.70. The summed E-state index contributed by atoms with van der Waals surface area (Å²) in [6.07, 6.45) is 1.66. The van der Waals surface area contributed by atoms with E-state index < -0.39 is 0 Å². The third-order valence-electron chi connectivity index (χ3n) is 1.73. The standard InChI is InChI=1S/C9H15BrN2O/c1-6(2)12-8(5-11)9-7(10)3-4-13-9/h3-4,6,8,12H,5,11H2,1-2H3. The summed E-state index contributed by atoms with van der Waals surface area (Å²) in [6, 6.07) is 2.36. The molecule has 0 aliphatic carbocycles. The molecule has 3 N–H and O–H groups in total. The van der Waals surface area contributed by atoms with E-state index in [9.17, 15) is 0 Å². The molecule has 74 valence electrons. The number of nitrogens with two attached hydrogens (primary N) is 1. The van der Waals surface area contributed by atoms with E-state index in [0.717, 1.165) is 10.2 Å². The highest BCUT2D eigenvalue weighted by Gasteiger charge is 2.16. The quantitative estimate of drug-likeness (QED) is 0.856. The average Bonchev–Trinajstić information content (AvgIpc) is 2.47. The molecular weight excluding hydrogens is 232 g/mol. The van der Waals surface area contributed by atoms with E-state index in [0.29, 0.717) is 12.6 Å². The molecule has 0 amide bonds. The summed E-state index contributed by atoms with van der Waals surface area (Å²) in [5, 5.41) is 3.32. The van der Waals surface area contributed by atoms with Gasteiger partial charge in [-0.25, -0.2) is 0 Å². The van der Waals surface area contributed by atoms with Crippen molar-refractivity contribution in [1.82, 2.24) is 5.32 Å². The van der Waals surface area contributed by atoms with Crippen LogP contribution in [0.15, 0.2) is 21.2 Å². The van der Waals surface area contributed by atoms with E-state index in [4.69, 9.17) is 10.2 Å². The van der Waals surface area contributed by atoms with Crippen molar-refractivity contribution in [2.24, 2.45) is 5.73 Å². The van der Waals surface area contributed by atoms with Gasteiger partial charge in [0.15, 0.2) is 0 Å². The Labute approximate surface area is 86.8 Å². The zero-order chi connectivity index (χ0) is 9.84. The van der Waals surface area contributed by atoms with Crippen molar-refractivity contribution in [1.29, 1.82) is 0 Å². The van der Waals surface area contributed by atoms with Gasteiger partial charge in [-0.3, -0.25) is 0 Å². The molecule has 0 aliphatic heterocycles. The number of hydrogen-bond acceptors (Lipinski definition) is 3. The summed E-state index contributed by atoms with van der Waals surface area (Å²) in [4.78, 5) is 0. The second-order valence-electron chi connectivity index (χ2n) is 3.24. The summed E-state index contributed by atoms with van der Waals surface area (Å²) >= 11 is 3.41. The molecule has 0 bridgehead atoms. The third kappa shape index (κ3) is 2.83. The van der Waals surface area contributed by atoms with Gasteiger partial charge in [0.05, 0.1) is 16.8 Å². The fraction of sp³-hybridized carbons (Fsp3) is 0.556. The van der Waals surface area contributed by atoms with Crippen LogP contribution in [0.4, 0.5) is 0 Å². The van der Waals surface area contributed by atoms with Crippen LogP contribution >= 0.6 is 15.9 Å². The molecule has 1 aromatic rings. The lowest BCUT2D eigenvalue weighted by molar-refractivity contribution is 0.392. The Kier molecular flexibility index (Phi) is 3.96. The average molecular weight is 247 g/mol. The van der Waals surface area contributed by atoms with Gasteiger partial charge in [0.25, 0.3) is 0 Å². The predicted octanol–water partition coefficient (Wildman–Crippen LogP) is 2.04. The van der Waals surface area contributed by atoms with Crippen LogP contribution in [0.5, 0.6) is 0 Å². The predicted molar refractivity (Wildman–Crippen MR) is 56.5 cm³/mol. The van der Waals surface area contributed by atoms with Gasteiger partial charge in [-0.2, -0.15) is 0 Å². The van der Waals surface area contributed by atoms with Crippen LogP contribution in [-0.4, -0.2) is 12.6 Å². The first-order valence-corrected chi connectivity index (χ1v) is 5.13. The van der Waals surface area contributed by atoms with Crippen molar-refractivity contribution in [3.63, 3.8) is 0 Å². The normalized spacial score (nSPS) is 13.6. The highest BCUT2D eigenvalue weighted by Crippen LogP contribution is 2.24. The van der Waals surface area contributed by atoms with Crippen LogP contribution in [0.1, 0.15) is 25.6 Å². The van der Waals surface area contributed by atoms with Gasteiger partial charge in [0.1, 0.15) is 5.76 Å². The topological polar surface area (TPSA) is 51.2 Å². The van der Waals surface area contributed by atoms with E-state index >= 15 is 0 Å². The van der Waals surface area contributed by atoms with Crippen molar-refractivity contribution >= 4 is 15.9 Å². The Morgan fingerprint density at radius 2 is 2.31 bits per heavy atom. The second kappa shape index (κ2) is 4.79. The van der Waals surface area contributed by atoms with E-state index in [1.165, 1.54) is 0 Å². The molecule has 4 heteroatoms. The first-order valence-electron chi connectivity index (χ1n) is 4.34. The lowest BCUT2D eigenvalue weighted by atomic mass is 10.2. The molecule has 0 aromatic carbocycles. The van der Waals surface area contributed by atoms with Crippen molar-refractivity contribution in [2.45, 2.75) is 25.9 Å². The summed E-state index contributed by atoms with van der Waals surface area (Å²) in [5.74, 6) is 0.871. The molecule has 1 atom stereocenters. The first-order chi connectivity index (χ1) is 6.15. The molecule has 1 unspecified atom stereocenters. The van der Waals surface area contributed by atoms with Crippen LogP contribution in [-0.2, 0) is 0 Å². The smallest absolute Gasteiger partial charge is 0.136 e. The van der Waals surface area contributed by atoms with Crippen molar-refractivity contribution in [3.8, 4) is 0 Å². The van der Waals surface area contributed by atoms with Gasteiger partial charge >= 0.3 is 0 Å². The Balaban J connectivity index is 2.72. The van der Waals surface area contributed by atoms with Crippen LogP contribution in [0.3, 0.4) is 0 Å². The largest absolute Gasteiger partial charge is 0.466 e. The molecule has 0 spiro atoms. The van der Waals surface area contributed by atoms with E-state index in [-0.39, 0.29) is 6.04 Å². The van der Waals surface area contributed by atoms with Crippen molar-refractivity contribution < 1.29 is 4.42 Å². The first kappa shape index (κ1) is 10.8. The minimum atomic E-state index is 0.0874. The molecule has 1 rings (SSSR count). The van der Waals surface area contributed by atoms with Crippen LogP contribution in [0.25, 0.3) is 0 Å². The fourth-order valence-corrected chi connectivity index (χ4v) is 1.68. The van der Waals surface area contributed by atoms with Gasteiger partial charge in [-0.1, -0.05) is 13.8 Å². The maximum Gasteiger partial charge on any atom is 0.136 e. The Morgan fingerprint density at radius 3 is 2.69 bits per heavy atom. The lowest BCUT2D eigenvalue weighted by Crippen LogP contribution is -2.33. The van der Waals surface area contributed by atoms with Crippen molar-refractivity contribution in [2.75, 3.05) is 6.54 Å². The third-order valence-corrected chi connectivity index (χ3v) is 2.39. The maximum absolute atomic E-state index is 5.64. The number of rotatable bonds is 4. The summed E-state index contributed by atoms with van der Waals surface area (Å²) in [5.41, 5.74) is 5.64. The molecular formula is C9H15BrN2O. The number of nitrogens with one attached hydrogen (secondary N) is 1. The summed E-state index contributed by atoms with van der Waals surface area (Å²) in [7, 11) is 0. The Morgan fingerprint density at radius 1 is 1.62 bits per heavy atom. The molecule has 0 radical (unpaired) electrons. The molecule has 1 aromatic heterocycles. The minimum absolute atomic E-state index is 0.0874. The van der Waals surface area contributed by atoms with Gasteiger partial charge < -0.3 is 15.5 Å². The summed E-state index contributed by atoms with van der Waals surface area (Å²) < 4.78 is 6.30. The number of furan rings is 1. The highest BCUT2D eigenvalue weighted by molar-refractivity contribution is 9.10. The molecule has 0 aliphatic rings. The second-order valence-corrected chi connectivity index (χ2v) is 4.10. The van der Waals surface area contributed by atoms with Crippen molar-refractivity contribution in [3.05, 3.63) is 22.6 Å². The van der Waals surface area contributed by atoms with Crippen LogP contribution in [0.2, 0.25) is 0 Å². The zero-order valence-electron chi connectivity index (χ0n) is 7.88. The molecule has 0 saturated heterocycles. The van der Waals surface area contributed by atoms with Gasteiger partial charge in [-0.05, 0) is 22.0 Å². The van der Waals surface area contributed by atoms with Crippen LogP contribution in [0, 0.1) is 0 Å². The maximum atomic E-state index is 5.64. The molecule has 1 heterocycles. The molecule has 0 saturated carbocycles. The monoisotopic (exact) mass is 246 g/mol.